The Morgan fingerprint density at radius 3 is 2.62 bits per heavy atom. The summed E-state index contributed by atoms with van der Waals surface area (Å²) >= 11 is 0. The Morgan fingerprint density at radius 2 is 1.94 bits per heavy atom. The predicted octanol–water partition coefficient (Wildman–Crippen LogP) is 3.92. The van der Waals surface area contributed by atoms with Crippen molar-refractivity contribution in [2.24, 2.45) is 0 Å². The van der Waals surface area contributed by atoms with Gasteiger partial charge in [0.1, 0.15) is 0 Å². The van der Waals surface area contributed by atoms with Crippen LogP contribution < -0.4 is 10.6 Å². The lowest BCUT2D eigenvalue weighted by Gasteiger charge is -2.30. The fourth-order valence-corrected chi connectivity index (χ4v) is 3.89. The van der Waals surface area contributed by atoms with Gasteiger partial charge in [-0.3, -0.25) is 0 Å². The van der Waals surface area contributed by atoms with Gasteiger partial charge in [0.05, 0.1) is 23.8 Å². The minimum atomic E-state index is -4.38. The van der Waals surface area contributed by atoms with E-state index in [1.54, 1.807) is 11.8 Å². The monoisotopic (exact) mass is 449 g/mol. The molecule has 3 heterocycles. The van der Waals surface area contributed by atoms with Crippen LogP contribution in [0.1, 0.15) is 48.2 Å². The first-order valence-corrected chi connectivity index (χ1v) is 10.7. The number of nitrogens with zero attached hydrogens (tertiary/aromatic N) is 3. The minimum Gasteiger partial charge on any atom is -0.381 e. The number of halogens is 3. The number of fused-ring (bicyclic) bond motifs is 1. The zero-order valence-corrected chi connectivity index (χ0v) is 17.8. The van der Waals surface area contributed by atoms with E-state index in [0.29, 0.717) is 44.2 Å². The maximum Gasteiger partial charge on any atom is 0.416 e. The molecular weight excluding hydrogens is 423 g/mol. The van der Waals surface area contributed by atoms with Crippen LogP contribution in [0.25, 0.3) is 0 Å². The molecule has 4 rings (SSSR count). The second kappa shape index (κ2) is 9.32. The summed E-state index contributed by atoms with van der Waals surface area (Å²) in [6.45, 7) is 4.05. The highest BCUT2D eigenvalue weighted by atomic mass is 19.4. The molecule has 0 radical (unpaired) electrons. The van der Waals surface area contributed by atoms with Crippen LogP contribution >= 0.6 is 0 Å². The molecule has 0 saturated carbocycles. The quantitative estimate of drug-likeness (QED) is 0.740. The number of carbonyl (C=O) groups excluding carboxylic acids is 1. The standard InChI is InChI=1S/C22H26F3N5O2/c1-14(15-2-4-17(5-3-15)22(23,24)25)27-21(31)30-9-6-16-12-26-20(29-19(16)13-30)28-18-7-10-32-11-8-18/h2-5,12,14,18H,6-11,13H2,1H3,(H,27,31)(H,26,28,29)/t14-/m1/s1. The fraction of sp³-hybridized carbons (Fsp3) is 0.500. The van der Waals surface area contributed by atoms with Gasteiger partial charge in [-0.25, -0.2) is 14.8 Å². The number of ether oxygens (including phenoxy) is 1. The Bertz CT molecular complexity index is 946. The Hall–Kier alpha value is -2.88. The van der Waals surface area contributed by atoms with E-state index in [4.69, 9.17) is 4.74 Å². The highest BCUT2D eigenvalue weighted by molar-refractivity contribution is 5.75. The van der Waals surface area contributed by atoms with E-state index < -0.39 is 17.8 Å². The third kappa shape index (κ3) is 5.29. The second-order valence-electron chi connectivity index (χ2n) is 8.16. The number of aromatic nitrogens is 2. The molecule has 1 saturated heterocycles. The molecule has 2 aliphatic rings. The molecule has 0 unspecified atom stereocenters. The molecule has 2 N–H and O–H groups in total. The van der Waals surface area contributed by atoms with Gasteiger partial charge >= 0.3 is 12.2 Å². The van der Waals surface area contributed by atoms with Gasteiger partial charge in [-0.1, -0.05) is 12.1 Å². The molecule has 172 valence electrons. The lowest BCUT2D eigenvalue weighted by Crippen LogP contribution is -2.44. The number of nitrogens with one attached hydrogen (secondary N) is 2. The summed E-state index contributed by atoms with van der Waals surface area (Å²) in [5, 5.41) is 6.21. The van der Waals surface area contributed by atoms with Crippen LogP contribution in [-0.4, -0.2) is 46.7 Å². The molecule has 2 aliphatic heterocycles. The third-order valence-corrected chi connectivity index (χ3v) is 5.87. The van der Waals surface area contributed by atoms with Crippen molar-refractivity contribution in [3.8, 4) is 0 Å². The van der Waals surface area contributed by atoms with Gasteiger partial charge in [0.25, 0.3) is 0 Å². The van der Waals surface area contributed by atoms with E-state index in [0.717, 1.165) is 36.2 Å². The summed E-state index contributed by atoms with van der Waals surface area (Å²) in [6.07, 6.45) is -0.126. The fourth-order valence-electron chi connectivity index (χ4n) is 3.89. The molecule has 7 nitrogen and oxygen atoms in total. The molecule has 10 heteroatoms. The first kappa shape index (κ1) is 22.3. The molecule has 0 bridgehead atoms. The molecule has 2 amide bonds. The summed E-state index contributed by atoms with van der Waals surface area (Å²) in [7, 11) is 0. The number of amides is 2. The van der Waals surface area contributed by atoms with Crippen LogP contribution in [-0.2, 0) is 23.9 Å². The molecule has 1 aromatic carbocycles. The summed E-state index contributed by atoms with van der Waals surface area (Å²) in [5.41, 5.74) is 1.71. The average molecular weight is 449 g/mol. The van der Waals surface area contributed by atoms with Crippen LogP contribution in [0.4, 0.5) is 23.9 Å². The topological polar surface area (TPSA) is 79.4 Å². The lowest BCUT2D eigenvalue weighted by molar-refractivity contribution is -0.137. The van der Waals surface area contributed by atoms with E-state index in [1.807, 2.05) is 6.20 Å². The normalized spacial score (nSPS) is 18.1. The molecular formula is C22H26F3N5O2. The maximum absolute atomic E-state index is 12.8. The Balaban J connectivity index is 1.37. The summed E-state index contributed by atoms with van der Waals surface area (Å²) in [6, 6.07) is 4.40. The van der Waals surface area contributed by atoms with Crippen LogP contribution in [0.5, 0.6) is 0 Å². The predicted molar refractivity (Wildman–Crippen MR) is 112 cm³/mol. The van der Waals surface area contributed by atoms with Gasteiger partial charge < -0.3 is 20.3 Å². The first-order valence-electron chi connectivity index (χ1n) is 10.7. The van der Waals surface area contributed by atoms with Crippen molar-refractivity contribution in [1.82, 2.24) is 20.2 Å². The van der Waals surface area contributed by atoms with Crippen molar-refractivity contribution < 1.29 is 22.7 Å². The number of hydrogen-bond donors (Lipinski definition) is 2. The van der Waals surface area contributed by atoms with Gasteiger partial charge in [-0.2, -0.15) is 13.2 Å². The number of carbonyl (C=O) groups is 1. The largest absolute Gasteiger partial charge is 0.416 e. The van der Waals surface area contributed by atoms with Crippen molar-refractivity contribution in [1.29, 1.82) is 0 Å². The molecule has 0 spiro atoms. The molecule has 0 aliphatic carbocycles. The van der Waals surface area contributed by atoms with Crippen molar-refractivity contribution in [3.05, 3.63) is 52.8 Å². The minimum absolute atomic E-state index is 0.273. The highest BCUT2D eigenvalue weighted by Gasteiger charge is 2.30. The Labute approximate surface area is 184 Å². The van der Waals surface area contributed by atoms with Gasteiger partial charge in [0.2, 0.25) is 5.95 Å². The first-order chi connectivity index (χ1) is 15.3. The zero-order chi connectivity index (χ0) is 22.7. The number of benzene rings is 1. The summed E-state index contributed by atoms with van der Waals surface area (Å²) < 4.78 is 43.6. The number of hydrogen-bond acceptors (Lipinski definition) is 5. The van der Waals surface area contributed by atoms with Crippen molar-refractivity contribution in [3.63, 3.8) is 0 Å². The number of rotatable bonds is 4. The van der Waals surface area contributed by atoms with Gasteiger partial charge in [0, 0.05) is 32.0 Å². The van der Waals surface area contributed by atoms with E-state index in [1.165, 1.54) is 12.1 Å². The van der Waals surface area contributed by atoms with Crippen LogP contribution in [0.2, 0.25) is 0 Å². The molecule has 32 heavy (non-hydrogen) atoms. The van der Waals surface area contributed by atoms with Gasteiger partial charge in [-0.05, 0) is 49.4 Å². The Kier molecular flexibility index (Phi) is 6.50. The molecule has 1 fully saturated rings. The van der Waals surface area contributed by atoms with E-state index >= 15 is 0 Å². The smallest absolute Gasteiger partial charge is 0.381 e. The number of alkyl halides is 3. The van der Waals surface area contributed by atoms with Crippen LogP contribution in [0, 0.1) is 0 Å². The van der Waals surface area contributed by atoms with Crippen molar-refractivity contribution in [2.75, 3.05) is 25.1 Å². The summed E-state index contributed by atoms with van der Waals surface area (Å²) in [4.78, 5) is 23.5. The second-order valence-corrected chi connectivity index (χ2v) is 8.16. The van der Waals surface area contributed by atoms with Crippen LogP contribution in [0.3, 0.4) is 0 Å². The maximum atomic E-state index is 12.8. The molecule has 1 aromatic heterocycles. The van der Waals surface area contributed by atoms with Gasteiger partial charge in [-0.15, -0.1) is 0 Å². The Morgan fingerprint density at radius 1 is 1.22 bits per heavy atom. The van der Waals surface area contributed by atoms with Crippen molar-refractivity contribution >= 4 is 12.0 Å². The van der Waals surface area contributed by atoms with E-state index in [-0.39, 0.29) is 12.1 Å². The highest BCUT2D eigenvalue weighted by Crippen LogP contribution is 2.30. The van der Waals surface area contributed by atoms with Crippen LogP contribution in [0.15, 0.2) is 30.5 Å². The third-order valence-electron chi connectivity index (χ3n) is 5.87. The average Bonchev–Trinajstić information content (AvgIpc) is 2.78. The zero-order valence-electron chi connectivity index (χ0n) is 17.8. The van der Waals surface area contributed by atoms with E-state index in [9.17, 15) is 18.0 Å². The molecule has 1 atom stereocenters. The van der Waals surface area contributed by atoms with Crippen molar-refractivity contribution in [2.45, 2.75) is 51.0 Å². The summed E-state index contributed by atoms with van der Waals surface area (Å²) in [5.74, 6) is 0.552. The van der Waals surface area contributed by atoms with Gasteiger partial charge in [0.15, 0.2) is 0 Å². The number of anilines is 1. The number of urea groups is 1. The SMILES string of the molecule is C[C@@H](NC(=O)N1CCc2cnc(NC3CCOCC3)nc2C1)c1ccc(C(F)(F)F)cc1. The lowest BCUT2D eigenvalue weighted by atomic mass is 10.1. The van der Waals surface area contributed by atoms with E-state index in [2.05, 4.69) is 20.6 Å². The molecule has 2 aromatic rings.